The van der Waals surface area contributed by atoms with Crippen LogP contribution in [-0.2, 0) is 0 Å². The van der Waals surface area contributed by atoms with Gasteiger partial charge in [-0.05, 0) is 24.1 Å². The SMILES string of the molecule is Cc1cccc(Cl)c1-n1[nH]c(-c2ccccc2)cc1=O. The third kappa shape index (κ3) is 2.17. The van der Waals surface area contributed by atoms with Crippen LogP contribution in [0.5, 0.6) is 0 Å². The van der Waals surface area contributed by atoms with Crippen molar-refractivity contribution < 1.29 is 0 Å². The van der Waals surface area contributed by atoms with E-state index >= 15 is 0 Å². The molecule has 0 unspecified atom stereocenters. The molecule has 0 atom stereocenters. The van der Waals surface area contributed by atoms with Crippen molar-refractivity contribution in [2.24, 2.45) is 0 Å². The topological polar surface area (TPSA) is 37.8 Å². The highest BCUT2D eigenvalue weighted by molar-refractivity contribution is 6.32. The first-order valence-electron chi connectivity index (χ1n) is 6.30. The molecule has 0 amide bonds. The van der Waals surface area contributed by atoms with Crippen molar-refractivity contribution in [2.75, 3.05) is 0 Å². The van der Waals surface area contributed by atoms with E-state index in [1.54, 1.807) is 12.1 Å². The molecule has 0 radical (unpaired) electrons. The van der Waals surface area contributed by atoms with Gasteiger partial charge in [0.25, 0.3) is 5.56 Å². The van der Waals surface area contributed by atoms with Crippen LogP contribution in [-0.4, -0.2) is 9.78 Å². The van der Waals surface area contributed by atoms with E-state index in [1.807, 2.05) is 49.4 Å². The highest BCUT2D eigenvalue weighted by Gasteiger charge is 2.11. The lowest BCUT2D eigenvalue weighted by atomic mass is 10.2. The summed E-state index contributed by atoms with van der Waals surface area (Å²) in [5.41, 5.74) is 3.26. The van der Waals surface area contributed by atoms with Gasteiger partial charge in [0.05, 0.1) is 16.4 Å². The average molecular weight is 285 g/mol. The van der Waals surface area contributed by atoms with Crippen LogP contribution in [0.2, 0.25) is 5.02 Å². The number of hydrogen-bond donors (Lipinski definition) is 1. The van der Waals surface area contributed by atoms with Gasteiger partial charge in [0.1, 0.15) is 0 Å². The van der Waals surface area contributed by atoms with Crippen LogP contribution in [0.25, 0.3) is 16.9 Å². The van der Waals surface area contributed by atoms with Crippen LogP contribution in [0, 0.1) is 6.92 Å². The standard InChI is InChI=1S/C16H13ClN2O/c1-11-6-5-9-13(17)16(11)19-15(20)10-14(18-19)12-7-3-2-4-8-12/h2-10,18H,1H3. The van der Waals surface area contributed by atoms with Gasteiger partial charge in [-0.25, -0.2) is 4.68 Å². The van der Waals surface area contributed by atoms with Gasteiger partial charge in [-0.2, -0.15) is 0 Å². The van der Waals surface area contributed by atoms with Crippen molar-refractivity contribution in [1.29, 1.82) is 0 Å². The van der Waals surface area contributed by atoms with Crippen LogP contribution in [0.3, 0.4) is 0 Å². The summed E-state index contributed by atoms with van der Waals surface area (Å²) in [4.78, 5) is 12.2. The molecule has 0 aliphatic rings. The smallest absolute Gasteiger partial charge is 0.271 e. The molecular formula is C16H13ClN2O. The normalized spacial score (nSPS) is 10.7. The Hall–Kier alpha value is -2.26. The number of benzene rings is 2. The predicted octanol–water partition coefficient (Wildman–Crippen LogP) is 3.79. The van der Waals surface area contributed by atoms with E-state index in [0.717, 1.165) is 16.8 Å². The number of rotatable bonds is 2. The predicted molar refractivity (Wildman–Crippen MR) is 81.6 cm³/mol. The minimum atomic E-state index is -0.125. The Kier molecular flexibility index (Phi) is 3.20. The largest absolute Gasteiger partial charge is 0.290 e. The van der Waals surface area contributed by atoms with Gasteiger partial charge in [0.2, 0.25) is 0 Å². The Bertz CT molecular complexity index is 783. The zero-order chi connectivity index (χ0) is 14.1. The van der Waals surface area contributed by atoms with E-state index < -0.39 is 0 Å². The Labute approximate surface area is 121 Å². The maximum absolute atomic E-state index is 12.2. The molecule has 0 saturated heterocycles. The molecule has 100 valence electrons. The van der Waals surface area contributed by atoms with Crippen molar-refractivity contribution in [1.82, 2.24) is 9.78 Å². The molecular weight excluding hydrogens is 272 g/mol. The third-order valence-electron chi connectivity index (χ3n) is 3.22. The Balaban J connectivity index is 2.18. The summed E-state index contributed by atoms with van der Waals surface area (Å²) in [6.07, 6.45) is 0. The van der Waals surface area contributed by atoms with Gasteiger partial charge >= 0.3 is 0 Å². The first kappa shape index (κ1) is 12.8. The lowest BCUT2D eigenvalue weighted by molar-refractivity contribution is 0.846. The lowest BCUT2D eigenvalue weighted by Crippen LogP contribution is -2.15. The summed E-state index contributed by atoms with van der Waals surface area (Å²) in [7, 11) is 0. The number of hydrogen-bond acceptors (Lipinski definition) is 1. The van der Waals surface area contributed by atoms with Gasteiger partial charge in [-0.1, -0.05) is 54.1 Å². The molecule has 4 heteroatoms. The molecule has 3 nitrogen and oxygen atoms in total. The number of aromatic amines is 1. The van der Waals surface area contributed by atoms with E-state index in [1.165, 1.54) is 4.68 Å². The van der Waals surface area contributed by atoms with E-state index in [0.29, 0.717) is 10.7 Å². The van der Waals surface area contributed by atoms with E-state index in [4.69, 9.17) is 11.6 Å². The number of aryl methyl sites for hydroxylation is 1. The van der Waals surface area contributed by atoms with Gasteiger partial charge in [0, 0.05) is 6.07 Å². The second kappa shape index (κ2) is 5.02. The second-order valence-electron chi connectivity index (χ2n) is 4.61. The molecule has 3 aromatic rings. The Morgan fingerprint density at radius 2 is 1.80 bits per heavy atom. The highest BCUT2D eigenvalue weighted by Crippen LogP contribution is 2.23. The summed E-state index contributed by atoms with van der Waals surface area (Å²) in [5, 5.41) is 3.67. The first-order chi connectivity index (χ1) is 9.66. The van der Waals surface area contributed by atoms with Crippen LogP contribution in [0.1, 0.15) is 5.56 Å². The molecule has 0 fully saturated rings. The Morgan fingerprint density at radius 3 is 2.50 bits per heavy atom. The maximum Gasteiger partial charge on any atom is 0.271 e. The number of para-hydroxylation sites is 1. The maximum atomic E-state index is 12.2. The molecule has 0 aliphatic carbocycles. The molecule has 1 N–H and O–H groups in total. The van der Waals surface area contributed by atoms with Gasteiger partial charge < -0.3 is 0 Å². The molecule has 20 heavy (non-hydrogen) atoms. The summed E-state index contributed by atoms with van der Waals surface area (Å²) >= 11 is 6.21. The van der Waals surface area contributed by atoms with E-state index in [9.17, 15) is 4.79 Å². The molecule has 2 aromatic carbocycles. The molecule has 0 aliphatic heterocycles. The Morgan fingerprint density at radius 1 is 1.05 bits per heavy atom. The van der Waals surface area contributed by atoms with Crippen molar-refractivity contribution in [3.63, 3.8) is 0 Å². The fraction of sp³-hybridized carbons (Fsp3) is 0.0625. The van der Waals surface area contributed by atoms with Crippen LogP contribution < -0.4 is 5.56 Å². The fourth-order valence-corrected chi connectivity index (χ4v) is 2.54. The number of H-pyrrole nitrogens is 1. The number of aromatic nitrogens is 2. The zero-order valence-electron chi connectivity index (χ0n) is 10.9. The molecule has 1 aromatic heterocycles. The molecule has 0 spiro atoms. The van der Waals surface area contributed by atoms with Crippen LogP contribution in [0.15, 0.2) is 59.4 Å². The monoisotopic (exact) mass is 284 g/mol. The van der Waals surface area contributed by atoms with Crippen molar-refractivity contribution in [2.45, 2.75) is 6.92 Å². The molecule has 0 bridgehead atoms. The van der Waals surface area contributed by atoms with Gasteiger partial charge in [0.15, 0.2) is 0 Å². The highest BCUT2D eigenvalue weighted by atomic mass is 35.5. The summed E-state index contributed by atoms with van der Waals surface area (Å²) in [5.74, 6) is 0. The summed E-state index contributed by atoms with van der Waals surface area (Å²) in [6, 6.07) is 16.9. The second-order valence-corrected chi connectivity index (χ2v) is 5.02. The number of nitrogens with one attached hydrogen (secondary N) is 1. The first-order valence-corrected chi connectivity index (χ1v) is 6.67. The quantitative estimate of drug-likeness (QED) is 0.764. The minimum Gasteiger partial charge on any atom is -0.290 e. The van der Waals surface area contributed by atoms with Crippen molar-refractivity contribution in [3.8, 4) is 16.9 Å². The third-order valence-corrected chi connectivity index (χ3v) is 3.52. The number of halogens is 1. The summed E-state index contributed by atoms with van der Waals surface area (Å²) in [6.45, 7) is 1.93. The van der Waals surface area contributed by atoms with Gasteiger partial charge in [-0.3, -0.25) is 9.89 Å². The van der Waals surface area contributed by atoms with Gasteiger partial charge in [-0.15, -0.1) is 0 Å². The minimum absolute atomic E-state index is 0.125. The van der Waals surface area contributed by atoms with Crippen molar-refractivity contribution in [3.05, 3.63) is 75.5 Å². The zero-order valence-corrected chi connectivity index (χ0v) is 11.7. The molecule has 0 saturated carbocycles. The van der Waals surface area contributed by atoms with E-state index in [-0.39, 0.29) is 5.56 Å². The fourth-order valence-electron chi connectivity index (χ4n) is 2.23. The number of nitrogens with zero attached hydrogens (tertiary/aromatic N) is 1. The lowest BCUT2D eigenvalue weighted by Gasteiger charge is -2.08. The summed E-state index contributed by atoms with van der Waals surface area (Å²) < 4.78 is 1.49. The molecule has 1 heterocycles. The van der Waals surface area contributed by atoms with Crippen molar-refractivity contribution >= 4 is 11.6 Å². The van der Waals surface area contributed by atoms with Crippen LogP contribution in [0.4, 0.5) is 0 Å². The van der Waals surface area contributed by atoms with E-state index in [2.05, 4.69) is 5.10 Å². The molecule has 3 rings (SSSR count). The average Bonchev–Trinajstić information content (AvgIpc) is 2.82. The van der Waals surface area contributed by atoms with Crippen LogP contribution >= 0.6 is 11.6 Å².